The zero-order chi connectivity index (χ0) is 17.5. The van der Waals surface area contributed by atoms with Crippen molar-refractivity contribution in [1.82, 2.24) is 0 Å². The number of aliphatic imine (C=N–C) groups is 2. The molecule has 0 heterocycles. The molecule has 0 saturated heterocycles. The highest BCUT2D eigenvalue weighted by Gasteiger charge is 2.12. The van der Waals surface area contributed by atoms with Crippen LogP contribution in [-0.4, -0.2) is 17.8 Å². The molecule has 0 aliphatic carbocycles. The molecule has 0 bridgehead atoms. The average Bonchev–Trinajstić information content (AvgIpc) is 2.55. The van der Waals surface area contributed by atoms with Gasteiger partial charge in [-0.25, -0.2) is 4.99 Å². The summed E-state index contributed by atoms with van der Waals surface area (Å²) in [6.45, 7) is 2.03. The summed E-state index contributed by atoms with van der Waals surface area (Å²) in [5, 5.41) is 2.90. The molecule has 0 radical (unpaired) electrons. The van der Waals surface area contributed by atoms with Gasteiger partial charge >= 0.3 is 0 Å². The Morgan fingerprint density at radius 3 is 2.42 bits per heavy atom. The van der Waals surface area contributed by atoms with Gasteiger partial charge in [0.25, 0.3) is 5.91 Å². The van der Waals surface area contributed by atoms with Crippen molar-refractivity contribution < 1.29 is 4.79 Å². The molecular formula is C17H20N6O. The number of guanidine groups is 2. The van der Waals surface area contributed by atoms with Crippen LogP contribution in [0.4, 0.5) is 11.4 Å². The van der Waals surface area contributed by atoms with Crippen molar-refractivity contribution in [1.29, 1.82) is 0 Å². The number of nitrogens with zero attached hydrogens (tertiary/aromatic N) is 2. The lowest BCUT2D eigenvalue weighted by molar-refractivity contribution is 0.102. The second-order valence-electron chi connectivity index (χ2n) is 4.99. The maximum Gasteiger partial charge on any atom is 0.257 e. The number of carbonyl (C=O) groups is 1. The zero-order valence-corrected chi connectivity index (χ0v) is 13.4. The number of aryl methyl sites for hydroxylation is 1. The Hall–Kier alpha value is -3.35. The van der Waals surface area contributed by atoms with E-state index < -0.39 is 0 Å². The van der Waals surface area contributed by atoms with E-state index in [2.05, 4.69) is 15.3 Å². The van der Waals surface area contributed by atoms with Crippen molar-refractivity contribution in [3.05, 3.63) is 59.7 Å². The summed E-state index contributed by atoms with van der Waals surface area (Å²) >= 11 is 0. The van der Waals surface area contributed by atoms with Gasteiger partial charge in [-0.2, -0.15) is 4.99 Å². The summed E-state index contributed by atoms with van der Waals surface area (Å²) < 4.78 is 0. The number of carbonyl (C=O) groups excluding carboxylic acids is 1. The Kier molecular flexibility index (Phi) is 5.51. The van der Waals surface area contributed by atoms with Crippen LogP contribution in [0.25, 0.3) is 0 Å². The standard InChI is InChI=1S/C17H20N6O/c1-2-11-7-3-5-9-13(11)21-15(24)12-8-4-6-10-14(12)22-17(20)23-16(18)19/h3-10H,2H2,1H3,(H,21,24)(H6,18,19,20,22,23). The molecule has 1 amide bonds. The molecule has 24 heavy (non-hydrogen) atoms. The Bertz CT molecular complexity index is 793. The number of benzene rings is 2. The van der Waals surface area contributed by atoms with Crippen molar-refractivity contribution in [2.75, 3.05) is 5.32 Å². The van der Waals surface area contributed by atoms with Gasteiger partial charge in [0, 0.05) is 5.69 Å². The van der Waals surface area contributed by atoms with Crippen molar-refractivity contribution >= 4 is 29.2 Å². The lowest BCUT2D eigenvalue weighted by Gasteiger charge is -2.11. The predicted molar refractivity (Wildman–Crippen MR) is 97.3 cm³/mol. The van der Waals surface area contributed by atoms with Crippen molar-refractivity contribution in [3.63, 3.8) is 0 Å². The lowest BCUT2D eigenvalue weighted by atomic mass is 10.1. The number of hydrogen-bond donors (Lipinski definition) is 4. The Labute approximate surface area is 140 Å². The van der Waals surface area contributed by atoms with Gasteiger partial charge < -0.3 is 22.5 Å². The van der Waals surface area contributed by atoms with Gasteiger partial charge in [-0.05, 0) is 30.2 Å². The minimum absolute atomic E-state index is 0.121. The highest BCUT2D eigenvalue weighted by molar-refractivity contribution is 6.08. The predicted octanol–water partition coefficient (Wildman–Crippen LogP) is 1.72. The summed E-state index contributed by atoms with van der Waals surface area (Å²) in [4.78, 5) is 20.3. The number of anilines is 1. The van der Waals surface area contributed by atoms with E-state index in [0.717, 1.165) is 17.7 Å². The summed E-state index contributed by atoms with van der Waals surface area (Å²) in [5.41, 5.74) is 18.7. The fraction of sp³-hybridized carbons (Fsp3) is 0.118. The number of nitrogens with two attached hydrogens (primary N) is 3. The van der Waals surface area contributed by atoms with E-state index >= 15 is 0 Å². The van der Waals surface area contributed by atoms with Gasteiger partial charge in [0.15, 0.2) is 5.96 Å². The zero-order valence-electron chi connectivity index (χ0n) is 13.4. The third-order valence-electron chi connectivity index (χ3n) is 3.27. The molecule has 0 spiro atoms. The average molecular weight is 324 g/mol. The van der Waals surface area contributed by atoms with Crippen LogP contribution in [0.1, 0.15) is 22.8 Å². The van der Waals surface area contributed by atoms with Crippen LogP contribution >= 0.6 is 0 Å². The first-order valence-electron chi connectivity index (χ1n) is 7.43. The van der Waals surface area contributed by atoms with E-state index in [1.54, 1.807) is 24.3 Å². The quantitative estimate of drug-likeness (QED) is 0.503. The molecule has 0 aromatic heterocycles. The van der Waals surface area contributed by atoms with Crippen molar-refractivity contribution in [3.8, 4) is 0 Å². The molecule has 2 aromatic carbocycles. The molecule has 0 aliphatic heterocycles. The molecule has 0 atom stereocenters. The van der Waals surface area contributed by atoms with E-state index in [-0.39, 0.29) is 17.8 Å². The Morgan fingerprint density at radius 2 is 1.71 bits per heavy atom. The van der Waals surface area contributed by atoms with Crippen LogP contribution in [0.5, 0.6) is 0 Å². The van der Waals surface area contributed by atoms with E-state index in [4.69, 9.17) is 17.2 Å². The molecule has 7 nitrogen and oxygen atoms in total. The first kappa shape index (κ1) is 17.0. The molecule has 0 saturated carbocycles. The smallest absolute Gasteiger partial charge is 0.257 e. The fourth-order valence-electron chi connectivity index (χ4n) is 2.18. The normalized spacial score (nSPS) is 11.0. The van der Waals surface area contributed by atoms with Crippen LogP contribution in [0.2, 0.25) is 0 Å². The van der Waals surface area contributed by atoms with E-state index in [1.165, 1.54) is 0 Å². The highest BCUT2D eigenvalue weighted by atomic mass is 16.1. The van der Waals surface area contributed by atoms with Crippen LogP contribution in [-0.2, 0) is 6.42 Å². The van der Waals surface area contributed by atoms with Gasteiger partial charge in [0.05, 0.1) is 11.3 Å². The van der Waals surface area contributed by atoms with Crippen LogP contribution < -0.4 is 22.5 Å². The largest absolute Gasteiger partial charge is 0.370 e. The number of hydrogen-bond acceptors (Lipinski definition) is 2. The Balaban J connectivity index is 2.32. The molecule has 7 N–H and O–H groups in total. The van der Waals surface area contributed by atoms with Gasteiger partial charge in [0.2, 0.25) is 5.96 Å². The number of nitrogens with one attached hydrogen (secondary N) is 1. The van der Waals surface area contributed by atoms with Gasteiger partial charge in [-0.3, -0.25) is 4.79 Å². The second-order valence-corrected chi connectivity index (χ2v) is 4.99. The topological polar surface area (TPSA) is 132 Å². The molecule has 0 unspecified atom stereocenters. The number of rotatable bonds is 4. The molecule has 7 heteroatoms. The summed E-state index contributed by atoms with van der Waals surface area (Å²) in [6, 6.07) is 14.4. The molecule has 2 rings (SSSR count). The van der Waals surface area contributed by atoms with Crippen LogP contribution in [0, 0.1) is 0 Å². The Morgan fingerprint density at radius 1 is 1.04 bits per heavy atom. The third-order valence-corrected chi connectivity index (χ3v) is 3.27. The molecule has 2 aromatic rings. The lowest BCUT2D eigenvalue weighted by Crippen LogP contribution is -2.26. The fourth-order valence-corrected chi connectivity index (χ4v) is 2.18. The summed E-state index contributed by atoms with van der Waals surface area (Å²) in [5.74, 6) is -0.605. The van der Waals surface area contributed by atoms with Gasteiger partial charge in [-0.1, -0.05) is 37.3 Å². The highest BCUT2D eigenvalue weighted by Crippen LogP contribution is 2.22. The molecular weight excluding hydrogens is 304 g/mol. The maximum atomic E-state index is 12.6. The molecule has 0 aliphatic rings. The van der Waals surface area contributed by atoms with Crippen molar-refractivity contribution in [2.45, 2.75) is 13.3 Å². The second kappa shape index (κ2) is 7.77. The first-order valence-corrected chi connectivity index (χ1v) is 7.43. The van der Waals surface area contributed by atoms with E-state index in [0.29, 0.717) is 11.3 Å². The van der Waals surface area contributed by atoms with E-state index in [1.807, 2.05) is 31.2 Å². The monoisotopic (exact) mass is 324 g/mol. The van der Waals surface area contributed by atoms with Crippen LogP contribution in [0.3, 0.4) is 0 Å². The third kappa shape index (κ3) is 4.33. The van der Waals surface area contributed by atoms with Gasteiger partial charge in [-0.15, -0.1) is 0 Å². The first-order chi connectivity index (χ1) is 11.5. The van der Waals surface area contributed by atoms with E-state index in [9.17, 15) is 4.79 Å². The molecule has 124 valence electrons. The SMILES string of the molecule is CCc1ccccc1NC(=O)c1ccccc1N=C(N)N=C(N)N. The molecule has 0 fully saturated rings. The minimum Gasteiger partial charge on any atom is -0.370 e. The number of para-hydroxylation sites is 2. The van der Waals surface area contributed by atoms with Crippen molar-refractivity contribution in [2.24, 2.45) is 27.2 Å². The summed E-state index contributed by atoms with van der Waals surface area (Å²) in [7, 11) is 0. The summed E-state index contributed by atoms with van der Waals surface area (Å²) in [6.07, 6.45) is 0.813. The van der Waals surface area contributed by atoms with Crippen LogP contribution in [0.15, 0.2) is 58.5 Å². The van der Waals surface area contributed by atoms with Gasteiger partial charge in [0.1, 0.15) is 0 Å². The minimum atomic E-state index is -0.284. The maximum absolute atomic E-state index is 12.6. The number of amides is 1.